The molecule has 1 unspecified atom stereocenters. The van der Waals surface area contributed by atoms with Gasteiger partial charge in [-0.3, -0.25) is 14.4 Å². The molecule has 0 aromatic rings. The summed E-state index contributed by atoms with van der Waals surface area (Å²) in [6, 6.07) is 0. The Morgan fingerprint density at radius 2 is 1.87 bits per heavy atom. The second-order valence-electron chi connectivity index (χ2n) is 14.7. The number of carbonyl (C=O) groups excluding carboxylic acids is 3. The molecule has 0 aromatic carbocycles. The first kappa shape index (κ1) is 25.4. The van der Waals surface area contributed by atoms with Gasteiger partial charge in [-0.05, 0) is 67.8 Å². The van der Waals surface area contributed by atoms with Gasteiger partial charge in [0.05, 0.1) is 24.5 Å². The zero-order valence-corrected chi connectivity index (χ0v) is 23.2. The standard InChI is InChI=1S/C30H41NO7/c1-15-8-18-22(19(32)9-15)17-13-37-21(33)11-27(4)25(24(17)35)26(18,3)14-30(36)28(27,5)6-7-29-10-16(2)23(34)20(38-29)12-31(29)30/h9,16-18,20,22-23,25,34,36H,6-8,10-14H2,1-5H3/t16-,17-,18-,20+,22+,23-,25+,26+,27+,28+,29?,30-/m1/s1. The Bertz CT molecular complexity index is 1180. The fourth-order valence-corrected chi connectivity index (χ4v) is 11.1. The van der Waals surface area contributed by atoms with Crippen molar-refractivity contribution in [2.24, 2.45) is 45.8 Å². The van der Waals surface area contributed by atoms with E-state index < -0.39 is 57.7 Å². The molecule has 1 spiro atoms. The van der Waals surface area contributed by atoms with Crippen LogP contribution in [0.2, 0.25) is 0 Å². The SMILES string of the molecule is CC1=CC(=O)[C@@H]2[C@@H](C1)[C@]1(C)C[C@]3(O)N4C[C@@H]5OC4(CC[C@@]3(C)[C@@]3(C)CC(=O)OC[C@H]2C(=O)[C@@H]13)C[C@@H](C)[C@H]5O. The van der Waals surface area contributed by atoms with Gasteiger partial charge in [-0.15, -0.1) is 0 Å². The minimum atomic E-state index is -1.39. The summed E-state index contributed by atoms with van der Waals surface area (Å²) in [4.78, 5) is 43.4. The second-order valence-corrected chi connectivity index (χ2v) is 14.7. The van der Waals surface area contributed by atoms with E-state index in [4.69, 9.17) is 9.47 Å². The normalized spacial score (nSPS) is 57.6. The maximum atomic E-state index is 14.5. The molecule has 4 heterocycles. The number of carbonyl (C=O) groups is 3. The van der Waals surface area contributed by atoms with E-state index in [1.54, 1.807) is 6.08 Å². The zero-order valence-electron chi connectivity index (χ0n) is 23.2. The number of aliphatic hydroxyl groups excluding tert-OH is 1. The van der Waals surface area contributed by atoms with E-state index in [-0.39, 0.29) is 42.4 Å². The molecule has 0 radical (unpaired) electrons. The first-order chi connectivity index (χ1) is 17.7. The van der Waals surface area contributed by atoms with Gasteiger partial charge in [-0.25, -0.2) is 4.90 Å². The Kier molecular flexibility index (Phi) is 4.92. The number of ketones is 2. The molecule has 4 aliphatic heterocycles. The average molecular weight is 528 g/mol. The van der Waals surface area contributed by atoms with Crippen molar-refractivity contribution in [1.82, 2.24) is 4.90 Å². The number of piperidine rings is 1. The topological polar surface area (TPSA) is 113 Å². The van der Waals surface area contributed by atoms with Gasteiger partial charge >= 0.3 is 5.97 Å². The monoisotopic (exact) mass is 527 g/mol. The number of aliphatic hydroxyl groups is 2. The summed E-state index contributed by atoms with van der Waals surface area (Å²) in [5.74, 6) is -2.17. The van der Waals surface area contributed by atoms with Crippen molar-refractivity contribution in [2.45, 2.75) is 96.8 Å². The van der Waals surface area contributed by atoms with E-state index in [9.17, 15) is 24.6 Å². The highest BCUT2D eigenvalue weighted by Crippen LogP contribution is 2.76. The summed E-state index contributed by atoms with van der Waals surface area (Å²) < 4.78 is 12.2. The summed E-state index contributed by atoms with van der Waals surface area (Å²) in [7, 11) is 0. The summed E-state index contributed by atoms with van der Waals surface area (Å²) in [5, 5.41) is 24.1. The van der Waals surface area contributed by atoms with E-state index in [0.29, 0.717) is 38.6 Å². The third-order valence-corrected chi connectivity index (χ3v) is 12.9. The summed E-state index contributed by atoms with van der Waals surface area (Å²) in [6.45, 7) is 10.6. The van der Waals surface area contributed by atoms with Crippen LogP contribution in [0.1, 0.15) is 73.1 Å². The van der Waals surface area contributed by atoms with Crippen molar-refractivity contribution in [2.75, 3.05) is 13.2 Å². The van der Waals surface area contributed by atoms with Crippen LogP contribution in [0, 0.1) is 45.8 Å². The molecule has 38 heavy (non-hydrogen) atoms. The molecule has 7 aliphatic rings. The van der Waals surface area contributed by atoms with Crippen molar-refractivity contribution >= 4 is 17.5 Å². The van der Waals surface area contributed by atoms with Crippen LogP contribution in [0.4, 0.5) is 0 Å². The molecular formula is C30H41NO7. The van der Waals surface area contributed by atoms with Gasteiger partial charge in [0.25, 0.3) is 0 Å². The van der Waals surface area contributed by atoms with Crippen LogP contribution in [-0.2, 0) is 23.9 Å². The molecule has 7 rings (SSSR count). The molecule has 4 bridgehead atoms. The number of ether oxygens (including phenoxy) is 2. The highest BCUT2D eigenvalue weighted by atomic mass is 16.6. The predicted octanol–water partition coefficient (Wildman–Crippen LogP) is 2.60. The quantitative estimate of drug-likeness (QED) is 0.462. The van der Waals surface area contributed by atoms with Crippen molar-refractivity contribution in [3.05, 3.63) is 11.6 Å². The largest absolute Gasteiger partial charge is 0.465 e. The number of esters is 1. The number of hydrogen-bond acceptors (Lipinski definition) is 8. The highest BCUT2D eigenvalue weighted by molar-refractivity contribution is 6.00. The van der Waals surface area contributed by atoms with Crippen LogP contribution in [0.25, 0.3) is 0 Å². The Morgan fingerprint density at radius 3 is 2.61 bits per heavy atom. The van der Waals surface area contributed by atoms with Gasteiger partial charge in [0, 0.05) is 23.8 Å². The molecule has 2 N–H and O–H groups in total. The molecule has 0 aromatic heterocycles. The van der Waals surface area contributed by atoms with E-state index in [1.165, 1.54) is 0 Å². The number of Topliss-reactive ketones (excluding diaryl/α,β-unsaturated/α-hetero) is 1. The molecule has 12 atom stereocenters. The first-order valence-corrected chi connectivity index (χ1v) is 14.5. The lowest BCUT2D eigenvalue weighted by Gasteiger charge is -2.75. The van der Waals surface area contributed by atoms with Gasteiger partial charge in [0.2, 0.25) is 0 Å². The van der Waals surface area contributed by atoms with Crippen molar-refractivity contribution < 1.29 is 34.1 Å². The van der Waals surface area contributed by atoms with Crippen LogP contribution in [0.3, 0.4) is 0 Å². The molecule has 3 aliphatic carbocycles. The smallest absolute Gasteiger partial charge is 0.306 e. The lowest BCUT2D eigenvalue weighted by molar-refractivity contribution is -0.366. The minimum Gasteiger partial charge on any atom is -0.465 e. The van der Waals surface area contributed by atoms with Crippen molar-refractivity contribution in [3.63, 3.8) is 0 Å². The fourth-order valence-electron chi connectivity index (χ4n) is 11.1. The number of cyclic esters (lactones) is 1. The van der Waals surface area contributed by atoms with E-state index in [1.807, 2.05) is 20.8 Å². The summed E-state index contributed by atoms with van der Waals surface area (Å²) in [5.41, 5.74) is -3.47. The summed E-state index contributed by atoms with van der Waals surface area (Å²) >= 11 is 0. The fraction of sp³-hybridized carbons (Fsp3) is 0.833. The van der Waals surface area contributed by atoms with Gasteiger partial charge in [0.15, 0.2) is 5.78 Å². The first-order valence-electron chi connectivity index (χ1n) is 14.5. The lowest BCUT2D eigenvalue weighted by Crippen LogP contribution is -2.80. The van der Waals surface area contributed by atoms with Gasteiger partial charge in [0.1, 0.15) is 23.8 Å². The van der Waals surface area contributed by atoms with E-state index >= 15 is 0 Å². The minimum absolute atomic E-state index is 0.0223. The van der Waals surface area contributed by atoms with Crippen LogP contribution >= 0.6 is 0 Å². The number of rotatable bonds is 0. The van der Waals surface area contributed by atoms with Crippen LogP contribution in [-0.4, -0.2) is 69.5 Å². The Hall–Kier alpha value is -1.61. The molecular weight excluding hydrogens is 486 g/mol. The van der Waals surface area contributed by atoms with Gasteiger partial charge < -0.3 is 19.7 Å². The number of hydrogen-bond donors (Lipinski definition) is 2. The number of allylic oxidation sites excluding steroid dienone is 2. The average Bonchev–Trinajstić information content (AvgIpc) is 3.16. The predicted molar refractivity (Wildman–Crippen MR) is 135 cm³/mol. The summed E-state index contributed by atoms with van der Waals surface area (Å²) in [6.07, 6.45) is 3.60. The Morgan fingerprint density at radius 1 is 1.13 bits per heavy atom. The van der Waals surface area contributed by atoms with Crippen LogP contribution in [0.15, 0.2) is 11.6 Å². The molecule has 8 nitrogen and oxygen atoms in total. The molecule has 6 fully saturated rings. The number of nitrogens with zero attached hydrogens (tertiary/aromatic N) is 1. The molecule has 8 heteroatoms. The molecule has 208 valence electrons. The lowest BCUT2D eigenvalue weighted by atomic mass is 9.33. The Labute approximate surface area is 224 Å². The van der Waals surface area contributed by atoms with Crippen molar-refractivity contribution in [3.8, 4) is 0 Å². The molecule has 0 amide bonds. The van der Waals surface area contributed by atoms with Crippen LogP contribution in [0.5, 0.6) is 0 Å². The molecule has 2 saturated carbocycles. The molecule has 4 saturated heterocycles. The van der Waals surface area contributed by atoms with Crippen molar-refractivity contribution in [1.29, 1.82) is 0 Å². The van der Waals surface area contributed by atoms with Crippen LogP contribution < -0.4 is 0 Å². The van der Waals surface area contributed by atoms with Gasteiger partial charge in [-0.1, -0.05) is 33.3 Å². The number of fused-ring (bicyclic) bond motifs is 8. The third-order valence-electron chi connectivity index (χ3n) is 12.9. The maximum absolute atomic E-state index is 14.5. The maximum Gasteiger partial charge on any atom is 0.306 e. The van der Waals surface area contributed by atoms with E-state index in [0.717, 1.165) is 5.57 Å². The van der Waals surface area contributed by atoms with Gasteiger partial charge in [-0.2, -0.15) is 0 Å². The second kappa shape index (κ2) is 7.36. The van der Waals surface area contributed by atoms with E-state index in [2.05, 4.69) is 18.7 Å². The Balaban J connectivity index is 1.45. The zero-order chi connectivity index (χ0) is 27.2. The highest BCUT2D eigenvalue weighted by Gasteiger charge is 2.80. The third kappa shape index (κ3) is 2.69.